The molecule has 0 aliphatic heterocycles. The van der Waals surface area contributed by atoms with Gasteiger partial charge in [-0.15, -0.1) is 10.2 Å². The predicted octanol–water partition coefficient (Wildman–Crippen LogP) is 3.11. The van der Waals surface area contributed by atoms with Gasteiger partial charge in [-0.1, -0.05) is 36.4 Å². The summed E-state index contributed by atoms with van der Waals surface area (Å²) in [5.74, 6) is 0.456. The molecule has 1 aromatic carbocycles. The van der Waals surface area contributed by atoms with Gasteiger partial charge in [-0.25, -0.2) is 13.1 Å². The van der Waals surface area contributed by atoms with Gasteiger partial charge >= 0.3 is 0 Å². The molecule has 7 nitrogen and oxygen atoms in total. The molecule has 3 aromatic rings. The van der Waals surface area contributed by atoms with Gasteiger partial charge in [0.05, 0.1) is 19.0 Å². The van der Waals surface area contributed by atoms with E-state index < -0.39 is 10.0 Å². The zero-order chi connectivity index (χ0) is 21.0. The van der Waals surface area contributed by atoms with E-state index in [1.165, 1.54) is 11.8 Å². The monoisotopic (exact) mass is 428 g/mol. The molecule has 2 aromatic heterocycles. The second-order valence-corrected chi connectivity index (χ2v) is 9.89. The molecule has 1 saturated carbocycles. The summed E-state index contributed by atoms with van der Waals surface area (Å²) in [6, 6.07) is 14.6. The van der Waals surface area contributed by atoms with E-state index in [9.17, 15) is 8.42 Å². The van der Waals surface area contributed by atoms with Gasteiger partial charge in [0, 0.05) is 24.2 Å². The standard InChI is InChI=1S/C22H28N4O3S/c1-30(27,28)24-14-19(21-8-5-13-26-16-23-25-22(21)26)15-29-20-11-9-18(10-12-20)17-6-3-2-4-7-17/h2-8,13,16,18-20,24H,9-12,14-15H2,1H3/t18-,19?,20+. The van der Waals surface area contributed by atoms with Crippen molar-refractivity contribution in [1.82, 2.24) is 19.3 Å². The first-order chi connectivity index (χ1) is 14.5. The maximum atomic E-state index is 11.7. The van der Waals surface area contributed by atoms with Crippen molar-refractivity contribution in [2.75, 3.05) is 19.4 Å². The molecule has 1 aliphatic carbocycles. The Labute approximate surface area is 177 Å². The van der Waals surface area contributed by atoms with Crippen LogP contribution in [0.1, 0.15) is 48.6 Å². The molecule has 1 N–H and O–H groups in total. The second kappa shape index (κ2) is 9.24. The molecule has 1 fully saturated rings. The van der Waals surface area contributed by atoms with E-state index in [2.05, 4.69) is 45.3 Å². The van der Waals surface area contributed by atoms with Gasteiger partial charge in [0.25, 0.3) is 0 Å². The minimum absolute atomic E-state index is 0.139. The Kier molecular flexibility index (Phi) is 6.46. The summed E-state index contributed by atoms with van der Waals surface area (Å²) in [6.45, 7) is 0.709. The lowest BCUT2D eigenvalue weighted by molar-refractivity contribution is 0.0171. The highest BCUT2D eigenvalue weighted by atomic mass is 32.2. The number of hydrogen-bond acceptors (Lipinski definition) is 5. The van der Waals surface area contributed by atoms with Gasteiger partial charge in [0.1, 0.15) is 6.33 Å². The number of benzene rings is 1. The zero-order valence-electron chi connectivity index (χ0n) is 17.1. The van der Waals surface area contributed by atoms with Crippen molar-refractivity contribution in [2.24, 2.45) is 0 Å². The fourth-order valence-electron chi connectivity index (χ4n) is 4.24. The summed E-state index contributed by atoms with van der Waals surface area (Å²) in [6.07, 6.45) is 9.15. The van der Waals surface area contributed by atoms with Crippen LogP contribution in [-0.4, -0.2) is 48.5 Å². The molecule has 1 atom stereocenters. The van der Waals surface area contributed by atoms with Gasteiger partial charge in [0.15, 0.2) is 5.65 Å². The van der Waals surface area contributed by atoms with Crippen molar-refractivity contribution in [3.63, 3.8) is 0 Å². The van der Waals surface area contributed by atoms with E-state index in [0.717, 1.165) is 36.9 Å². The number of rotatable bonds is 8. The minimum Gasteiger partial charge on any atom is -0.378 e. The van der Waals surface area contributed by atoms with Crippen molar-refractivity contribution < 1.29 is 13.2 Å². The molecule has 1 unspecified atom stereocenters. The molecule has 0 radical (unpaired) electrons. The van der Waals surface area contributed by atoms with Crippen LogP contribution >= 0.6 is 0 Å². The molecular weight excluding hydrogens is 400 g/mol. The number of hydrogen-bond donors (Lipinski definition) is 1. The summed E-state index contributed by atoms with van der Waals surface area (Å²) >= 11 is 0. The van der Waals surface area contributed by atoms with Crippen LogP contribution in [0.5, 0.6) is 0 Å². The third kappa shape index (κ3) is 5.24. The highest BCUT2D eigenvalue weighted by molar-refractivity contribution is 7.88. The summed E-state index contributed by atoms with van der Waals surface area (Å²) in [5, 5.41) is 8.18. The Bertz CT molecular complexity index is 1060. The number of fused-ring (bicyclic) bond motifs is 1. The van der Waals surface area contributed by atoms with Crippen LogP contribution in [0.15, 0.2) is 55.0 Å². The van der Waals surface area contributed by atoms with Crippen molar-refractivity contribution in [3.8, 4) is 0 Å². The van der Waals surface area contributed by atoms with Crippen LogP contribution in [0, 0.1) is 0 Å². The molecule has 0 amide bonds. The zero-order valence-corrected chi connectivity index (χ0v) is 18.0. The topological polar surface area (TPSA) is 85.6 Å². The largest absolute Gasteiger partial charge is 0.378 e. The molecule has 160 valence electrons. The fourth-order valence-corrected chi connectivity index (χ4v) is 4.75. The summed E-state index contributed by atoms with van der Waals surface area (Å²) in [7, 11) is -3.30. The first kappa shape index (κ1) is 21.0. The average molecular weight is 429 g/mol. The lowest BCUT2D eigenvalue weighted by atomic mass is 9.83. The molecule has 0 bridgehead atoms. The van der Waals surface area contributed by atoms with Crippen LogP contribution in [0.3, 0.4) is 0 Å². The third-order valence-corrected chi connectivity index (χ3v) is 6.55. The van der Waals surface area contributed by atoms with Crippen LogP contribution in [0.25, 0.3) is 5.65 Å². The third-order valence-electron chi connectivity index (χ3n) is 5.86. The predicted molar refractivity (Wildman–Crippen MR) is 116 cm³/mol. The maximum absolute atomic E-state index is 11.7. The van der Waals surface area contributed by atoms with Crippen LogP contribution in [0.2, 0.25) is 0 Å². The van der Waals surface area contributed by atoms with E-state index in [1.54, 1.807) is 6.33 Å². The normalized spacial score (nSPS) is 21.0. The Morgan fingerprint density at radius 3 is 2.63 bits per heavy atom. The number of sulfonamides is 1. The van der Waals surface area contributed by atoms with E-state index in [0.29, 0.717) is 12.5 Å². The van der Waals surface area contributed by atoms with E-state index in [4.69, 9.17) is 4.74 Å². The van der Waals surface area contributed by atoms with E-state index in [1.807, 2.05) is 22.7 Å². The van der Waals surface area contributed by atoms with Crippen LogP contribution in [0.4, 0.5) is 0 Å². The smallest absolute Gasteiger partial charge is 0.208 e. The molecule has 2 heterocycles. The molecule has 1 aliphatic rings. The van der Waals surface area contributed by atoms with Crippen molar-refractivity contribution in [2.45, 2.75) is 43.6 Å². The molecule has 30 heavy (non-hydrogen) atoms. The van der Waals surface area contributed by atoms with Crippen molar-refractivity contribution in [3.05, 3.63) is 66.1 Å². The lowest BCUT2D eigenvalue weighted by Crippen LogP contribution is -2.31. The number of nitrogens with zero attached hydrogens (tertiary/aromatic N) is 3. The Hall–Kier alpha value is -2.29. The van der Waals surface area contributed by atoms with E-state index >= 15 is 0 Å². The highest BCUT2D eigenvalue weighted by Crippen LogP contribution is 2.34. The molecule has 4 rings (SSSR count). The summed E-state index contributed by atoms with van der Waals surface area (Å²) in [5.41, 5.74) is 3.07. The SMILES string of the molecule is CS(=O)(=O)NCC(CO[C@H]1CC[C@@H](c2ccccc2)CC1)c1cccn2cnnc12. The first-order valence-electron chi connectivity index (χ1n) is 10.4. The molecular formula is C22H28N4O3S. The Morgan fingerprint density at radius 2 is 1.90 bits per heavy atom. The minimum atomic E-state index is -3.30. The van der Waals surface area contributed by atoms with Gasteiger partial charge < -0.3 is 4.74 Å². The highest BCUT2D eigenvalue weighted by Gasteiger charge is 2.25. The van der Waals surface area contributed by atoms with Gasteiger partial charge in [-0.2, -0.15) is 0 Å². The maximum Gasteiger partial charge on any atom is 0.208 e. The first-order valence-corrected chi connectivity index (χ1v) is 12.3. The fraction of sp³-hybridized carbons (Fsp3) is 0.455. The molecule has 0 spiro atoms. The Morgan fingerprint density at radius 1 is 1.13 bits per heavy atom. The van der Waals surface area contributed by atoms with Gasteiger partial charge in [-0.05, 0) is 43.2 Å². The average Bonchev–Trinajstić information content (AvgIpc) is 3.23. The van der Waals surface area contributed by atoms with Crippen LogP contribution < -0.4 is 4.72 Å². The number of ether oxygens (including phenoxy) is 1. The number of aromatic nitrogens is 3. The molecule has 8 heteroatoms. The summed E-state index contributed by atoms with van der Waals surface area (Å²) < 4.78 is 34.1. The number of pyridine rings is 1. The van der Waals surface area contributed by atoms with Gasteiger partial charge in [-0.3, -0.25) is 4.40 Å². The molecule has 0 saturated heterocycles. The van der Waals surface area contributed by atoms with Gasteiger partial charge in [0.2, 0.25) is 10.0 Å². The van der Waals surface area contributed by atoms with Crippen molar-refractivity contribution in [1.29, 1.82) is 0 Å². The number of nitrogens with one attached hydrogen (secondary N) is 1. The quantitative estimate of drug-likeness (QED) is 0.596. The summed E-state index contributed by atoms with van der Waals surface area (Å²) in [4.78, 5) is 0. The lowest BCUT2D eigenvalue weighted by Gasteiger charge is -2.30. The second-order valence-electron chi connectivity index (χ2n) is 8.06. The van der Waals surface area contributed by atoms with E-state index in [-0.39, 0.29) is 18.6 Å². The Balaban J connectivity index is 1.41. The van der Waals surface area contributed by atoms with Crippen molar-refractivity contribution >= 4 is 15.7 Å². The van der Waals surface area contributed by atoms with Crippen LogP contribution in [-0.2, 0) is 14.8 Å².